The number of benzene rings is 1. The Morgan fingerprint density at radius 2 is 1.82 bits per heavy atom. The molecule has 2 atom stereocenters. The van der Waals surface area contributed by atoms with Crippen molar-refractivity contribution in [2.75, 3.05) is 13.7 Å². The molecule has 0 saturated heterocycles. The number of aliphatic hydroxyl groups is 1. The number of hydrogen-bond acceptors (Lipinski definition) is 4. The molecule has 0 aliphatic heterocycles. The van der Waals surface area contributed by atoms with Crippen molar-refractivity contribution in [1.82, 2.24) is 0 Å². The van der Waals surface area contributed by atoms with Gasteiger partial charge in [0.05, 0.1) is 13.0 Å². The Morgan fingerprint density at radius 1 is 1.29 bits per heavy atom. The minimum absolute atomic E-state index is 0.0558. The number of hydrogen-bond donors (Lipinski definition) is 2. The van der Waals surface area contributed by atoms with Gasteiger partial charge in [0, 0.05) is 0 Å². The molecule has 1 rings (SSSR count). The molecule has 0 amide bonds. The Kier molecular flexibility index (Phi) is 4.78. The second kappa shape index (κ2) is 6.10. The van der Waals surface area contributed by atoms with Crippen molar-refractivity contribution in [3.05, 3.63) is 24.3 Å². The normalized spacial score (nSPS) is 13.8. The largest absolute Gasteiger partial charge is 0.497 e. The number of aliphatic hydroxyl groups excluding tert-OH is 1. The van der Waals surface area contributed by atoms with Gasteiger partial charge in [-0.25, -0.2) is 0 Å². The number of aliphatic carboxylic acids is 1. The predicted molar refractivity (Wildman–Crippen MR) is 61.3 cm³/mol. The molecule has 17 heavy (non-hydrogen) atoms. The second-order valence-electron chi connectivity index (χ2n) is 3.68. The molecule has 5 nitrogen and oxygen atoms in total. The molecular formula is C12H16O5. The van der Waals surface area contributed by atoms with Crippen LogP contribution in [0, 0.1) is 5.92 Å². The monoisotopic (exact) mass is 240 g/mol. The van der Waals surface area contributed by atoms with E-state index in [-0.39, 0.29) is 6.61 Å². The van der Waals surface area contributed by atoms with Crippen LogP contribution in [0.1, 0.15) is 6.92 Å². The lowest BCUT2D eigenvalue weighted by Gasteiger charge is -2.15. The number of ether oxygens (including phenoxy) is 2. The van der Waals surface area contributed by atoms with Crippen LogP contribution in [0.2, 0.25) is 0 Å². The predicted octanol–water partition coefficient (Wildman–Crippen LogP) is 1.16. The van der Waals surface area contributed by atoms with Crippen molar-refractivity contribution in [3.63, 3.8) is 0 Å². The van der Waals surface area contributed by atoms with Crippen LogP contribution >= 0.6 is 0 Å². The lowest BCUT2D eigenvalue weighted by Crippen LogP contribution is -2.30. The molecule has 1 aromatic carbocycles. The lowest BCUT2D eigenvalue weighted by atomic mass is 10.1. The van der Waals surface area contributed by atoms with E-state index in [4.69, 9.17) is 14.6 Å². The number of rotatable bonds is 6. The zero-order valence-electron chi connectivity index (χ0n) is 9.79. The van der Waals surface area contributed by atoms with E-state index in [1.165, 1.54) is 6.92 Å². The third-order valence-corrected chi connectivity index (χ3v) is 2.45. The van der Waals surface area contributed by atoms with Crippen LogP contribution in [0.3, 0.4) is 0 Å². The minimum Gasteiger partial charge on any atom is -0.497 e. The van der Waals surface area contributed by atoms with E-state index in [2.05, 4.69) is 0 Å². The lowest BCUT2D eigenvalue weighted by molar-refractivity contribution is -0.145. The molecule has 0 bridgehead atoms. The summed E-state index contributed by atoms with van der Waals surface area (Å²) in [6.45, 7) is 1.38. The minimum atomic E-state index is -1.05. The first-order chi connectivity index (χ1) is 8.04. The van der Waals surface area contributed by atoms with Gasteiger partial charge in [0.15, 0.2) is 0 Å². The molecule has 0 aliphatic carbocycles. The fraction of sp³-hybridized carbons (Fsp3) is 0.417. The average Bonchev–Trinajstić information content (AvgIpc) is 2.35. The van der Waals surface area contributed by atoms with Gasteiger partial charge in [0.2, 0.25) is 0 Å². The van der Waals surface area contributed by atoms with E-state index in [0.717, 1.165) is 0 Å². The Balaban J connectivity index is 2.47. The molecule has 0 radical (unpaired) electrons. The first-order valence-electron chi connectivity index (χ1n) is 5.22. The summed E-state index contributed by atoms with van der Waals surface area (Å²) in [5, 5.41) is 18.2. The summed E-state index contributed by atoms with van der Waals surface area (Å²) < 4.78 is 10.3. The van der Waals surface area contributed by atoms with E-state index < -0.39 is 18.0 Å². The summed E-state index contributed by atoms with van der Waals surface area (Å²) in [6, 6.07) is 6.83. The highest BCUT2D eigenvalue weighted by molar-refractivity contribution is 5.70. The maximum absolute atomic E-state index is 10.6. The summed E-state index contributed by atoms with van der Waals surface area (Å²) in [5.41, 5.74) is 0. The first kappa shape index (κ1) is 13.3. The zero-order chi connectivity index (χ0) is 12.8. The Bertz CT molecular complexity index is 360. The SMILES string of the molecule is COc1ccc(OC[C@H](O)[C@@H](C)C(=O)O)cc1. The van der Waals surface area contributed by atoms with Crippen LogP contribution in [-0.4, -0.2) is 36.0 Å². The van der Waals surface area contributed by atoms with Crippen molar-refractivity contribution in [2.24, 2.45) is 5.92 Å². The smallest absolute Gasteiger partial charge is 0.308 e. The second-order valence-corrected chi connectivity index (χ2v) is 3.68. The highest BCUT2D eigenvalue weighted by Crippen LogP contribution is 2.17. The van der Waals surface area contributed by atoms with Crippen LogP contribution in [0.4, 0.5) is 0 Å². The molecule has 0 aromatic heterocycles. The molecular weight excluding hydrogens is 224 g/mol. The van der Waals surface area contributed by atoms with Gasteiger partial charge in [-0.1, -0.05) is 0 Å². The first-order valence-corrected chi connectivity index (χ1v) is 5.22. The molecule has 0 saturated carbocycles. The van der Waals surface area contributed by atoms with E-state index in [0.29, 0.717) is 11.5 Å². The summed E-state index contributed by atoms with van der Waals surface area (Å²) in [6.07, 6.45) is -1.03. The molecule has 0 aliphatic rings. The molecule has 5 heteroatoms. The number of carboxylic acid groups (broad SMARTS) is 1. The van der Waals surface area contributed by atoms with Gasteiger partial charge in [-0.3, -0.25) is 4.79 Å². The van der Waals surface area contributed by atoms with Gasteiger partial charge in [0.25, 0.3) is 0 Å². The topological polar surface area (TPSA) is 76.0 Å². The Labute approximate surface area is 99.6 Å². The zero-order valence-corrected chi connectivity index (χ0v) is 9.79. The summed E-state index contributed by atoms with van der Waals surface area (Å²) in [7, 11) is 1.56. The van der Waals surface area contributed by atoms with Gasteiger partial charge in [0.1, 0.15) is 24.2 Å². The molecule has 0 unspecified atom stereocenters. The third-order valence-electron chi connectivity index (χ3n) is 2.45. The van der Waals surface area contributed by atoms with E-state index in [1.807, 2.05) is 0 Å². The van der Waals surface area contributed by atoms with Crippen LogP contribution in [0.5, 0.6) is 11.5 Å². The third kappa shape index (κ3) is 3.96. The van der Waals surface area contributed by atoms with Gasteiger partial charge in [-0.05, 0) is 31.2 Å². The molecule has 0 spiro atoms. The standard InChI is InChI=1S/C12H16O5/c1-8(12(14)15)11(13)7-17-10-5-3-9(16-2)4-6-10/h3-6,8,11,13H,7H2,1-2H3,(H,14,15)/t8-,11+/m1/s1. The van der Waals surface area contributed by atoms with Gasteiger partial charge in [-0.2, -0.15) is 0 Å². The van der Waals surface area contributed by atoms with Crippen LogP contribution in [-0.2, 0) is 4.79 Å². The van der Waals surface area contributed by atoms with Crippen molar-refractivity contribution in [2.45, 2.75) is 13.0 Å². The number of methoxy groups -OCH3 is 1. The highest BCUT2D eigenvalue weighted by atomic mass is 16.5. The van der Waals surface area contributed by atoms with Gasteiger partial charge < -0.3 is 19.7 Å². The van der Waals surface area contributed by atoms with E-state index >= 15 is 0 Å². The fourth-order valence-electron chi connectivity index (χ4n) is 1.16. The maximum Gasteiger partial charge on any atom is 0.308 e. The van der Waals surface area contributed by atoms with Crippen LogP contribution in [0.25, 0.3) is 0 Å². The summed E-state index contributed by atoms with van der Waals surface area (Å²) >= 11 is 0. The summed E-state index contributed by atoms with van der Waals surface area (Å²) in [5.74, 6) is -0.636. The molecule has 2 N–H and O–H groups in total. The molecule has 1 aromatic rings. The van der Waals surface area contributed by atoms with Crippen molar-refractivity contribution in [3.8, 4) is 11.5 Å². The highest BCUT2D eigenvalue weighted by Gasteiger charge is 2.21. The van der Waals surface area contributed by atoms with Crippen LogP contribution < -0.4 is 9.47 Å². The average molecular weight is 240 g/mol. The van der Waals surface area contributed by atoms with E-state index in [1.54, 1.807) is 31.4 Å². The number of carboxylic acids is 1. The van der Waals surface area contributed by atoms with Crippen molar-refractivity contribution < 1.29 is 24.5 Å². The maximum atomic E-state index is 10.6. The molecule has 94 valence electrons. The molecule has 0 heterocycles. The quantitative estimate of drug-likeness (QED) is 0.780. The molecule has 0 fully saturated rings. The Hall–Kier alpha value is -1.75. The van der Waals surface area contributed by atoms with Crippen LogP contribution in [0.15, 0.2) is 24.3 Å². The van der Waals surface area contributed by atoms with Gasteiger partial charge >= 0.3 is 5.97 Å². The Morgan fingerprint density at radius 3 is 2.29 bits per heavy atom. The summed E-state index contributed by atoms with van der Waals surface area (Å²) in [4.78, 5) is 10.6. The van der Waals surface area contributed by atoms with Crippen molar-refractivity contribution >= 4 is 5.97 Å². The number of carbonyl (C=O) groups is 1. The fourth-order valence-corrected chi connectivity index (χ4v) is 1.16. The van der Waals surface area contributed by atoms with Crippen molar-refractivity contribution in [1.29, 1.82) is 0 Å². The van der Waals surface area contributed by atoms with E-state index in [9.17, 15) is 9.90 Å². The van der Waals surface area contributed by atoms with Gasteiger partial charge in [-0.15, -0.1) is 0 Å².